The number of ether oxygens (including phenoxy) is 1. The molecule has 0 saturated carbocycles. The number of piperidine rings is 1. The molecule has 2 aliphatic heterocycles. The maximum Gasteiger partial charge on any atom is 0.249 e. The van der Waals surface area contributed by atoms with E-state index >= 15 is 0 Å². The molecule has 1 unspecified atom stereocenters. The summed E-state index contributed by atoms with van der Waals surface area (Å²) in [5, 5.41) is 5.54. The van der Waals surface area contributed by atoms with Gasteiger partial charge in [0.05, 0.1) is 13.2 Å². The lowest BCUT2D eigenvalue weighted by atomic mass is 10.1. The highest BCUT2D eigenvalue weighted by atomic mass is 16.5. The van der Waals surface area contributed by atoms with Gasteiger partial charge in [-0.15, -0.1) is 0 Å². The fourth-order valence-electron chi connectivity index (χ4n) is 2.76. The molecule has 0 aliphatic carbocycles. The van der Waals surface area contributed by atoms with Crippen molar-refractivity contribution >= 4 is 17.5 Å². The molecule has 2 aliphatic rings. The van der Waals surface area contributed by atoms with Crippen LogP contribution in [0.4, 0.5) is 5.69 Å². The third-order valence-corrected chi connectivity index (χ3v) is 4.04. The van der Waals surface area contributed by atoms with Gasteiger partial charge in [-0.05, 0) is 24.1 Å². The van der Waals surface area contributed by atoms with Gasteiger partial charge in [-0.3, -0.25) is 19.8 Å². The number of nitrogens with zero attached hydrogens (tertiary/aromatic N) is 1. The molecule has 1 aromatic carbocycles. The molecule has 0 bridgehead atoms. The van der Waals surface area contributed by atoms with E-state index in [1.54, 1.807) is 0 Å². The summed E-state index contributed by atoms with van der Waals surface area (Å²) in [5.41, 5.74) is 2.15. The van der Waals surface area contributed by atoms with Gasteiger partial charge < -0.3 is 10.1 Å². The molecule has 0 spiro atoms. The Bertz CT molecular complexity index is 538. The van der Waals surface area contributed by atoms with Crippen LogP contribution in [0, 0.1) is 0 Å². The molecule has 6 heteroatoms. The lowest BCUT2D eigenvalue weighted by Gasteiger charge is -2.26. The van der Waals surface area contributed by atoms with Gasteiger partial charge in [0.1, 0.15) is 6.04 Å². The number of carbonyl (C=O) groups is 2. The standard InChI is InChI=1S/C16H21N3O3/c20-15-6-5-14(16(21)18-15)17-13-3-1-12(2-4-13)11-19-7-9-22-10-8-19/h1-4,14,17H,5-11H2,(H,18,20,21). The predicted molar refractivity (Wildman–Crippen MR) is 82.3 cm³/mol. The summed E-state index contributed by atoms with van der Waals surface area (Å²) in [6.45, 7) is 4.46. The van der Waals surface area contributed by atoms with E-state index in [-0.39, 0.29) is 17.9 Å². The van der Waals surface area contributed by atoms with Crippen molar-refractivity contribution < 1.29 is 14.3 Å². The number of amides is 2. The largest absolute Gasteiger partial charge is 0.379 e. The number of rotatable bonds is 4. The third-order valence-electron chi connectivity index (χ3n) is 4.04. The first-order chi connectivity index (χ1) is 10.7. The smallest absolute Gasteiger partial charge is 0.249 e. The molecule has 2 heterocycles. The second-order valence-corrected chi connectivity index (χ2v) is 5.73. The van der Waals surface area contributed by atoms with Crippen molar-refractivity contribution in [2.45, 2.75) is 25.4 Å². The van der Waals surface area contributed by atoms with E-state index in [9.17, 15) is 9.59 Å². The van der Waals surface area contributed by atoms with Crippen LogP contribution in [0.1, 0.15) is 18.4 Å². The van der Waals surface area contributed by atoms with Crippen molar-refractivity contribution in [2.24, 2.45) is 0 Å². The minimum absolute atomic E-state index is 0.191. The van der Waals surface area contributed by atoms with E-state index in [4.69, 9.17) is 4.74 Å². The van der Waals surface area contributed by atoms with E-state index in [2.05, 4.69) is 27.7 Å². The molecule has 2 amide bonds. The number of nitrogens with one attached hydrogen (secondary N) is 2. The van der Waals surface area contributed by atoms with Crippen LogP contribution < -0.4 is 10.6 Å². The fraction of sp³-hybridized carbons (Fsp3) is 0.500. The molecule has 1 aromatic rings. The Morgan fingerprint density at radius 1 is 1.18 bits per heavy atom. The van der Waals surface area contributed by atoms with Crippen molar-refractivity contribution in [1.29, 1.82) is 0 Å². The van der Waals surface area contributed by atoms with Gasteiger partial charge in [0.2, 0.25) is 11.8 Å². The quantitative estimate of drug-likeness (QED) is 0.803. The SMILES string of the molecule is O=C1CCC(Nc2ccc(CN3CCOCC3)cc2)C(=O)N1. The van der Waals surface area contributed by atoms with Crippen LogP contribution in [0.25, 0.3) is 0 Å². The Morgan fingerprint density at radius 2 is 1.91 bits per heavy atom. The highest BCUT2D eigenvalue weighted by molar-refractivity contribution is 6.01. The second-order valence-electron chi connectivity index (χ2n) is 5.73. The Balaban J connectivity index is 1.54. The van der Waals surface area contributed by atoms with Crippen molar-refractivity contribution in [3.05, 3.63) is 29.8 Å². The van der Waals surface area contributed by atoms with E-state index in [1.165, 1.54) is 5.56 Å². The Morgan fingerprint density at radius 3 is 2.59 bits per heavy atom. The van der Waals surface area contributed by atoms with Gasteiger partial charge in [-0.25, -0.2) is 0 Å². The molecule has 3 rings (SSSR count). The normalized spacial score (nSPS) is 23.2. The monoisotopic (exact) mass is 303 g/mol. The number of imide groups is 1. The molecule has 1 atom stereocenters. The van der Waals surface area contributed by atoms with Crippen LogP contribution in [-0.2, 0) is 20.9 Å². The topological polar surface area (TPSA) is 70.7 Å². The van der Waals surface area contributed by atoms with Crippen LogP contribution in [0.3, 0.4) is 0 Å². The molecule has 0 radical (unpaired) electrons. The number of anilines is 1. The van der Waals surface area contributed by atoms with E-state index in [1.807, 2.05) is 12.1 Å². The van der Waals surface area contributed by atoms with E-state index < -0.39 is 0 Å². The third kappa shape index (κ3) is 3.84. The number of carbonyl (C=O) groups excluding carboxylic acids is 2. The molecule has 118 valence electrons. The van der Waals surface area contributed by atoms with Gasteiger partial charge in [0, 0.05) is 31.7 Å². The first kappa shape index (κ1) is 15.0. The number of hydrogen-bond acceptors (Lipinski definition) is 5. The van der Waals surface area contributed by atoms with Crippen molar-refractivity contribution in [3.63, 3.8) is 0 Å². The second kappa shape index (κ2) is 6.89. The maximum absolute atomic E-state index is 11.7. The lowest BCUT2D eigenvalue weighted by molar-refractivity contribution is -0.133. The van der Waals surface area contributed by atoms with Gasteiger partial charge in [0.25, 0.3) is 0 Å². The van der Waals surface area contributed by atoms with Crippen molar-refractivity contribution in [1.82, 2.24) is 10.2 Å². The summed E-state index contributed by atoms with van der Waals surface area (Å²) >= 11 is 0. The van der Waals surface area contributed by atoms with Crippen molar-refractivity contribution in [2.75, 3.05) is 31.6 Å². The molecular formula is C16H21N3O3. The van der Waals surface area contributed by atoms with E-state index in [0.29, 0.717) is 12.8 Å². The van der Waals surface area contributed by atoms with Gasteiger partial charge in [0.15, 0.2) is 0 Å². The van der Waals surface area contributed by atoms with Gasteiger partial charge in [-0.2, -0.15) is 0 Å². The highest BCUT2D eigenvalue weighted by Gasteiger charge is 2.26. The fourth-order valence-corrected chi connectivity index (χ4v) is 2.76. The Hall–Kier alpha value is -1.92. The highest BCUT2D eigenvalue weighted by Crippen LogP contribution is 2.16. The maximum atomic E-state index is 11.7. The summed E-state index contributed by atoms with van der Waals surface area (Å²) in [4.78, 5) is 25.2. The molecule has 6 nitrogen and oxygen atoms in total. The number of hydrogen-bond donors (Lipinski definition) is 2. The molecule has 2 fully saturated rings. The lowest BCUT2D eigenvalue weighted by Crippen LogP contribution is -2.47. The van der Waals surface area contributed by atoms with E-state index in [0.717, 1.165) is 38.5 Å². The zero-order valence-electron chi connectivity index (χ0n) is 12.5. The average molecular weight is 303 g/mol. The van der Waals surface area contributed by atoms with Crippen LogP contribution in [0.2, 0.25) is 0 Å². The van der Waals surface area contributed by atoms with Crippen LogP contribution in [-0.4, -0.2) is 49.1 Å². The average Bonchev–Trinajstić information content (AvgIpc) is 2.53. The number of benzene rings is 1. The molecular weight excluding hydrogens is 282 g/mol. The Labute approximate surface area is 129 Å². The summed E-state index contributed by atoms with van der Waals surface area (Å²) in [6, 6.07) is 7.79. The Kier molecular flexibility index (Phi) is 4.70. The summed E-state index contributed by atoms with van der Waals surface area (Å²) in [7, 11) is 0. The number of morpholine rings is 1. The first-order valence-electron chi connectivity index (χ1n) is 7.70. The minimum Gasteiger partial charge on any atom is -0.379 e. The summed E-state index contributed by atoms with van der Waals surface area (Å²) in [5.74, 6) is -0.433. The van der Waals surface area contributed by atoms with Gasteiger partial charge in [-0.1, -0.05) is 12.1 Å². The molecule has 0 aromatic heterocycles. The van der Waals surface area contributed by atoms with Crippen LogP contribution in [0.15, 0.2) is 24.3 Å². The summed E-state index contributed by atoms with van der Waals surface area (Å²) < 4.78 is 5.35. The first-order valence-corrected chi connectivity index (χ1v) is 7.70. The van der Waals surface area contributed by atoms with Gasteiger partial charge >= 0.3 is 0 Å². The zero-order valence-corrected chi connectivity index (χ0v) is 12.5. The summed E-state index contributed by atoms with van der Waals surface area (Å²) in [6.07, 6.45) is 0.929. The van der Waals surface area contributed by atoms with Crippen LogP contribution in [0.5, 0.6) is 0 Å². The minimum atomic E-state index is -0.331. The zero-order chi connectivity index (χ0) is 15.4. The molecule has 22 heavy (non-hydrogen) atoms. The van der Waals surface area contributed by atoms with Crippen LogP contribution >= 0.6 is 0 Å². The molecule has 2 N–H and O–H groups in total. The predicted octanol–water partition coefficient (Wildman–Crippen LogP) is 0.736. The van der Waals surface area contributed by atoms with Crippen molar-refractivity contribution in [3.8, 4) is 0 Å². The molecule has 2 saturated heterocycles.